The van der Waals surface area contributed by atoms with Gasteiger partial charge in [-0.1, -0.05) is 0 Å². The number of nitrogens with one attached hydrogen (secondary N) is 8. The Hall–Kier alpha value is -8.26. The van der Waals surface area contributed by atoms with E-state index in [-0.39, 0.29) is 78.5 Å². The van der Waals surface area contributed by atoms with Crippen LogP contribution in [-0.4, -0.2) is 625 Å². The van der Waals surface area contributed by atoms with E-state index in [1.54, 1.807) is 0 Å². The maximum Gasteiger partial charge on any atom is 0.320 e. The molecule has 57 nitrogen and oxygen atoms in total. The van der Waals surface area contributed by atoms with E-state index in [9.17, 15) is 190 Å². The highest BCUT2D eigenvalue weighted by atomic mass is 16.4. The number of amides is 10. The summed E-state index contributed by atoms with van der Waals surface area (Å²) in [6, 6.07) is -3.51. The van der Waals surface area contributed by atoms with Crippen LogP contribution in [0.3, 0.4) is 0 Å². The number of carboxylic acids is 2. The maximum atomic E-state index is 15.4. The quantitative estimate of drug-likeness (QED) is 0.0251. The Morgan fingerprint density at radius 2 is 0.418 bits per heavy atom. The molecule has 1 aliphatic heterocycles. The Morgan fingerprint density at radius 1 is 0.262 bits per heavy atom. The number of rotatable bonds is 83. The molecule has 141 heavy (non-hydrogen) atoms. The number of nitrogens with zero attached hydrogens (tertiary/aromatic N) is 9. The van der Waals surface area contributed by atoms with Gasteiger partial charge in [0.25, 0.3) is 0 Å². The van der Waals surface area contributed by atoms with Crippen molar-refractivity contribution in [3.05, 3.63) is 0 Å². The molecule has 2 atom stereocenters. The molecule has 2 unspecified atom stereocenters. The van der Waals surface area contributed by atoms with Gasteiger partial charge in [0, 0.05) is 201 Å². The van der Waals surface area contributed by atoms with Gasteiger partial charge in [-0.2, -0.15) is 0 Å². The zero-order chi connectivity index (χ0) is 107. The third-order valence-corrected chi connectivity index (χ3v) is 25.0. The lowest BCUT2D eigenvalue weighted by Gasteiger charge is -2.44. The number of carbonyl (C=O) groups is 14. The second-order valence-electron chi connectivity index (χ2n) is 36.0. The SMILES string of the molecule is CC1(N(CC=O)CC=O)CN(C(CCC(=O)N(CCN(CCC(=O)NC(CO)(CO)CO)CCC(=O)NC(CO)(CO)CO)CCN(CCC(=O)NC(CO)(CO)CO)CCC(=O)NC(CO)(CO)CO)C(=O)O)CCN(C(CCC(=O)N(CCN(CCC(=O)NC(CO)(CO)CO)CCC(=O)NC(CO)(CO)CO)CCN(CCC(=O)NC(CO)(CO)CO)CCC(=O)NC(CO)(CO)CO)C(=O)O)C1. The summed E-state index contributed by atoms with van der Waals surface area (Å²) in [6.07, 6.45) is -6.00. The molecule has 0 radical (unpaired) electrons. The lowest BCUT2D eigenvalue weighted by Crippen LogP contribution is -2.61. The summed E-state index contributed by atoms with van der Waals surface area (Å²) >= 11 is 0. The normalized spacial score (nSPS) is 15.0. The summed E-state index contributed by atoms with van der Waals surface area (Å²) in [5, 5.41) is 282. The lowest BCUT2D eigenvalue weighted by molar-refractivity contribution is -0.146. The first-order valence-electron chi connectivity index (χ1n) is 46.0. The minimum absolute atomic E-state index is 0.321. The summed E-state index contributed by atoms with van der Waals surface area (Å²) in [7, 11) is 0. The van der Waals surface area contributed by atoms with E-state index < -0.39 is 434 Å². The second kappa shape index (κ2) is 67.4. The monoisotopic (exact) mass is 2040 g/mol. The van der Waals surface area contributed by atoms with Crippen LogP contribution >= 0.6 is 0 Å². The van der Waals surface area contributed by atoms with Crippen molar-refractivity contribution >= 4 is 83.6 Å². The fraction of sp³-hybridized carbons (Fsp3) is 0.833. The number of hydrogen-bond donors (Lipinski definition) is 34. The molecule has 0 aromatic carbocycles. The fourth-order valence-corrected chi connectivity index (χ4v) is 14.7. The topological polar surface area (TPSA) is 890 Å². The van der Waals surface area contributed by atoms with Gasteiger partial charge in [0.15, 0.2) is 0 Å². The zero-order valence-corrected chi connectivity index (χ0v) is 80.2. The number of aldehydes is 2. The van der Waals surface area contributed by atoms with Gasteiger partial charge in [-0.25, -0.2) is 0 Å². The van der Waals surface area contributed by atoms with E-state index >= 15 is 9.59 Å². The maximum absolute atomic E-state index is 15.4. The van der Waals surface area contributed by atoms with Crippen molar-refractivity contribution in [3.63, 3.8) is 0 Å². The molecule has 1 saturated heterocycles. The Bertz CT molecular complexity index is 3100. The first-order chi connectivity index (χ1) is 66.9. The number of carbonyl (C=O) groups excluding carboxylic acids is 12. The Morgan fingerprint density at radius 3 is 0.553 bits per heavy atom. The predicted molar refractivity (Wildman–Crippen MR) is 489 cm³/mol. The Labute approximate surface area is 815 Å². The summed E-state index contributed by atoms with van der Waals surface area (Å²) in [6.45, 7) is -29.6. The van der Waals surface area contributed by atoms with E-state index in [4.69, 9.17) is 0 Å². The summed E-state index contributed by atoms with van der Waals surface area (Å²) in [5.74, 6) is -11.9. The highest BCUT2D eigenvalue weighted by Crippen LogP contribution is 2.28. The molecule has 0 bridgehead atoms. The van der Waals surface area contributed by atoms with Crippen LogP contribution in [0.15, 0.2) is 0 Å². The molecule has 0 aromatic rings. The first-order valence-corrected chi connectivity index (χ1v) is 46.0. The molecule has 1 aliphatic rings. The molecule has 0 saturated carbocycles. The highest BCUT2D eigenvalue weighted by Gasteiger charge is 2.46. The standard InChI is InChI=1S/C84H157N17O40/c1-76(101(32-34-102)33-35-103)36-99(62(74(138)139)2-4-72(136)97(26-22-93(14-6-64(128)85-77(38-104,39-105)40-106)15-7-65(129)86-78(41-107,42-108)43-109)27-23-94(16-8-66(130)87-79(44-110,45-111)46-112)17-9-67(131)88-80(47-113,48-114)49-115)30-31-100(37-76)63(75(140)141)3-5-73(137)98(28-24-95(18-10-68(132)89-81(50-116,51-117)52-118)19-11-69(133)90-82(53-119,54-120)55-121)29-25-96(20-12-70(134)91-83(56-122,57-123)58-124)21-13-71(135)92-84(59-125,60-126)61-127/h34-35,62-63,104-127H,2-33,36-61H2,1H3,(H,85,128)(H,86,129)(H,87,130)(H,88,131)(H,89,132)(H,90,133)(H,91,134)(H,92,135)(H,138,139)(H,140,141). The zero-order valence-electron chi connectivity index (χ0n) is 80.2. The molecule has 1 heterocycles. The molecule has 0 aliphatic carbocycles. The van der Waals surface area contributed by atoms with E-state index in [1.165, 1.54) is 51.0 Å². The molecule has 34 N–H and O–H groups in total. The summed E-state index contributed by atoms with van der Waals surface area (Å²) < 4.78 is 0. The van der Waals surface area contributed by atoms with Crippen LogP contribution in [0.25, 0.3) is 0 Å². The average Bonchev–Trinajstić information content (AvgIpc) is 1.69. The number of aliphatic carboxylic acids is 2. The van der Waals surface area contributed by atoms with Gasteiger partial charge in [0.05, 0.1) is 172 Å². The van der Waals surface area contributed by atoms with Crippen LogP contribution in [0.2, 0.25) is 0 Å². The van der Waals surface area contributed by atoms with E-state index in [2.05, 4.69) is 42.5 Å². The first kappa shape index (κ1) is 131. The van der Waals surface area contributed by atoms with Crippen molar-refractivity contribution in [1.29, 1.82) is 0 Å². The van der Waals surface area contributed by atoms with E-state index in [0.29, 0.717) is 12.6 Å². The molecular weight excluding hydrogens is 1890 g/mol. The average molecular weight is 2050 g/mol. The van der Waals surface area contributed by atoms with E-state index in [1.807, 2.05) is 0 Å². The summed E-state index contributed by atoms with van der Waals surface area (Å²) in [5.41, 5.74) is -17.1. The minimum atomic E-state index is -1.93. The van der Waals surface area contributed by atoms with Gasteiger partial charge in [0.2, 0.25) is 59.1 Å². The smallest absolute Gasteiger partial charge is 0.320 e. The summed E-state index contributed by atoms with van der Waals surface area (Å²) in [4.78, 5) is 205. The largest absolute Gasteiger partial charge is 0.480 e. The molecular formula is C84H157N17O40. The van der Waals surface area contributed by atoms with Gasteiger partial charge in [-0.3, -0.25) is 72.2 Å². The third-order valence-electron chi connectivity index (χ3n) is 25.0. The van der Waals surface area contributed by atoms with Crippen molar-refractivity contribution in [1.82, 2.24) is 86.6 Å². The van der Waals surface area contributed by atoms with Crippen LogP contribution in [0.4, 0.5) is 0 Å². The van der Waals surface area contributed by atoms with Crippen LogP contribution in [-0.2, 0) is 67.1 Å². The highest BCUT2D eigenvalue weighted by molar-refractivity contribution is 5.83. The van der Waals surface area contributed by atoms with Gasteiger partial charge in [-0.05, 0) is 19.8 Å². The molecule has 57 heteroatoms. The van der Waals surface area contributed by atoms with Crippen LogP contribution in [0, 0.1) is 0 Å². The molecule has 10 amide bonds. The van der Waals surface area contributed by atoms with Gasteiger partial charge >= 0.3 is 11.9 Å². The second-order valence-corrected chi connectivity index (χ2v) is 36.0. The number of aliphatic hydroxyl groups excluding tert-OH is 24. The number of hydrogen-bond acceptors (Lipinski definition) is 45. The van der Waals surface area contributed by atoms with Gasteiger partial charge in [-0.15, -0.1) is 0 Å². The number of carboxylic acid groups (broad SMARTS) is 2. The van der Waals surface area contributed by atoms with Crippen molar-refractivity contribution in [2.24, 2.45) is 0 Å². The van der Waals surface area contributed by atoms with Crippen molar-refractivity contribution in [2.45, 2.75) is 146 Å². The predicted octanol–water partition coefficient (Wildman–Crippen LogP) is -20.8. The van der Waals surface area contributed by atoms with Crippen molar-refractivity contribution in [2.75, 3.05) is 303 Å². The molecule has 818 valence electrons. The van der Waals surface area contributed by atoms with Crippen LogP contribution in [0.1, 0.15) is 84.0 Å². The number of aliphatic hydroxyl groups is 24. The van der Waals surface area contributed by atoms with Gasteiger partial charge in [0.1, 0.15) is 69.0 Å². The Balaban J connectivity index is 4.52. The molecule has 0 spiro atoms. The van der Waals surface area contributed by atoms with Crippen molar-refractivity contribution < 1.29 is 200 Å². The molecule has 1 fully saturated rings. The minimum Gasteiger partial charge on any atom is -0.480 e. The van der Waals surface area contributed by atoms with E-state index in [0.717, 1.165) is 0 Å². The molecule has 1 rings (SSSR count). The fourth-order valence-electron chi connectivity index (χ4n) is 14.7. The van der Waals surface area contributed by atoms with Crippen LogP contribution in [0.5, 0.6) is 0 Å². The Kier molecular flexibility index (Phi) is 62.5. The van der Waals surface area contributed by atoms with Gasteiger partial charge < -0.3 is 214 Å². The van der Waals surface area contributed by atoms with Crippen LogP contribution < -0.4 is 42.5 Å². The lowest BCUT2D eigenvalue weighted by atomic mass is 9.95. The molecule has 0 aromatic heterocycles. The third kappa shape index (κ3) is 43.9. The van der Waals surface area contributed by atoms with Crippen molar-refractivity contribution in [3.8, 4) is 0 Å².